The maximum atomic E-state index is 5.41. The smallest absolute Gasteiger partial charge is 0.213 e. The van der Waals surface area contributed by atoms with Gasteiger partial charge in [-0.25, -0.2) is 4.98 Å². The number of pyridine rings is 1. The van der Waals surface area contributed by atoms with Crippen molar-refractivity contribution in [1.82, 2.24) is 15.2 Å². The molecule has 0 unspecified atom stereocenters. The second-order valence-electron chi connectivity index (χ2n) is 5.28. The largest absolute Gasteiger partial charge is 0.496 e. The Bertz CT molecular complexity index is 694. The lowest BCUT2D eigenvalue weighted by Crippen LogP contribution is -2.38. The van der Waals surface area contributed by atoms with Gasteiger partial charge in [-0.2, -0.15) is 0 Å². The molecular weight excluding hydrogens is 431 g/mol. The molecule has 0 bridgehead atoms. The number of benzene rings is 1. The van der Waals surface area contributed by atoms with Gasteiger partial charge in [0.05, 0.1) is 14.2 Å². The van der Waals surface area contributed by atoms with E-state index in [4.69, 9.17) is 9.47 Å². The maximum Gasteiger partial charge on any atom is 0.213 e. The number of halogens is 1. The van der Waals surface area contributed by atoms with E-state index in [1.54, 1.807) is 27.5 Å². The topological polar surface area (TPSA) is 59.0 Å². The van der Waals surface area contributed by atoms with E-state index in [1.165, 1.54) is 0 Å². The Hall–Kier alpha value is -2.03. The van der Waals surface area contributed by atoms with E-state index >= 15 is 0 Å². The molecule has 0 saturated carbocycles. The summed E-state index contributed by atoms with van der Waals surface area (Å²) in [5.74, 6) is 2.28. The molecule has 2 aromatic rings. The minimum absolute atomic E-state index is 0. The number of guanidine groups is 1. The van der Waals surface area contributed by atoms with Gasteiger partial charge >= 0.3 is 0 Å². The predicted molar refractivity (Wildman–Crippen MR) is 111 cm³/mol. The zero-order valence-corrected chi connectivity index (χ0v) is 17.4. The quantitative estimate of drug-likeness (QED) is 0.412. The van der Waals surface area contributed by atoms with Crippen molar-refractivity contribution in [3.63, 3.8) is 0 Å². The van der Waals surface area contributed by atoms with Crippen molar-refractivity contribution in [2.45, 2.75) is 13.1 Å². The van der Waals surface area contributed by atoms with Gasteiger partial charge in [-0.1, -0.05) is 18.2 Å². The standard InChI is InChI=1S/C18H24N4O2.HI/c1-19-18(21-12-14-9-10-20-17(11-14)24-4)22(2)13-15-7-5-6-8-16(15)23-3;/h5-11H,12-13H2,1-4H3,(H,19,21);1H. The molecule has 0 amide bonds. The van der Waals surface area contributed by atoms with Crippen LogP contribution in [0.25, 0.3) is 0 Å². The van der Waals surface area contributed by atoms with Gasteiger partial charge in [0.1, 0.15) is 5.75 Å². The monoisotopic (exact) mass is 456 g/mol. The van der Waals surface area contributed by atoms with Crippen LogP contribution >= 0.6 is 24.0 Å². The van der Waals surface area contributed by atoms with E-state index in [0.29, 0.717) is 19.0 Å². The minimum Gasteiger partial charge on any atom is -0.496 e. The van der Waals surface area contributed by atoms with Crippen LogP contribution in [0.2, 0.25) is 0 Å². The van der Waals surface area contributed by atoms with Gasteiger partial charge in [0.25, 0.3) is 0 Å². The number of aliphatic imine (C=N–C) groups is 1. The van der Waals surface area contributed by atoms with Crippen molar-refractivity contribution >= 4 is 29.9 Å². The SMILES string of the molecule is CN=C(NCc1ccnc(OC)c1)N(C)Cc1ccccc1OC.I. The first-order valence-corrected chi connectivity index (χ1v) is 7.70. The number of para-hydroxylation sites is 1. The molecule has 1 heterocycles. The van der Waals surface area contributed by atoms with E-state index in [2.05, 4.69) is 26.3 Å². The summed E-state index contributed by atoms with van der Waals surface area (Å²) in [4.78, 5) is 10.5. The number of rotatable bonds is 6. The Balaban J connectivity index is 0.00000312. The fourth-order valence-electron chi connectivity index (χ4n) is 2.40. The summed E-state index contributed by atoms with van der Waals surface area (Å²) < 4.78 is 10.6. The Labute approximate surface area is 166 Å². The molecule has 0 aliphatic carbocycles. The third-order valence-corrected chi connectivity index (χ3v) is 3.63. The summed E-state index contributed by atoms with van der Waals surface area (Å²) >= 11 is 0. The van der Waals surface area contributed by atoms with Crippen molar-refractivity contribution < 1.29 is 9.47 Å². The third-order valence-electron chi connectivity index (χ3n) is 3.63. The summed E-state index contributed by atoms with van der Waals surface area (Å²) in [6.45, 7) is 1.34. The molecule has 1 aromatic carbocycles. The summed E-state index contributed by atoms with van der Waals surface area (Å²) in [5, 5.41) is 3.35. The van der Waals surface area contributed by atoms with Crippen LogP contribution in [0.5, 0.6) is 11.6 Å². The first-order chi connectivity index (χ1) is 11.7. The molecule has 1 N–H and O–H groups in total. The highest BCUT2D eigenvalue weighted by Gasteiger charge is 2.10. The molecular formula is C18H25IN4O2. The van der Waals surface area contributed by atoms with Crippen molar-refractivity contribution in [2.24, 2.45) is 4.99 Å². The fourth-order valence-corrected chi connectivity index (χ4v) is 2.40. The van der Waals surface area contributed by atoms with Gasteiger partial charge in [0.15, 0.2) is 5.96 Å². The Kier molecular flexibility index (Phi) is 9.04. The van der Waals surface area contributed by atoms with Gasteiger partial charge in [-0.3, -0.25) is 4.99 Å². The average molecular weight is 456 g/mol. The molecule has 0 radical (unpaired) electrons. The van der Waals surface area contributed by atoms with Gasteiger partial charge < -0.3 is 19.7 Å². The summed E-state index contributed by atoms with van der Waals surface area (Å²) in [7, 11) is 7.06. The normalized spacial score (nSPS) is 10.6. The highest BCUT2D eigenvalue weighted by molar-refractivity contribution is 14.0. The van der Waals surface area contributed by atoms with Crippen molar-refractivity contribution in [3.05, 3.63) is 53.7 Å². The maximum absolute atomic E-state index is 5.41. The predicted octanol–water partition coefficient (Wildman–Crippen LogP) is 2.92. The zero-order chi connectivity index (χ0) is 17.4. The number of nitrogens with zero attached hydrogens (tertiary/aromatic N) is 3. The minimum atomic E-state index is 0. The van der Waals surface area contributed by atoms with Crippen LogP contribution < -0.4 is 14.8 Å². The van der Waals surface area contributed by atoms with E-state index < -0.39 is 0 Å². The van der Waals surface area contributed by atoms with Crippen LogP contribution in [0.1, 0.15) is 11.1 Å². The molecule has 0 aliphatic rings. The second kappa shape index (κ2) is 10.8. The second-order valence-corrected chi connectivity index (χ2v) is 5.28. The summed E-state index contributed by atoms with van der Waals surface area (Å²) in [6, 6.07) is 11.8. The van der Waals surface area contributed by atoms with Crippen LogP contribution in [-0.2, 0) is 13.1 Å². The third kappa shape index (κ3) is 6.08. The van der Waals surface area contributed by atoms with E-state index in [9.17, 15) is 0 Å². The number of aromatic nitrogens is 1. The molecule has 0 spiro atoms. The molecule has 7 heteroatoms. The van der Waals surface area contributed by atoms with Crippen molar-refractivity contribution in [3.8, 4) is 11.6 Å². The Morgan fingerprint density at radius 2 is 1.96 bits per heavy atom. The molecule has 0 atom stereocenters. The Morgan fingerprint density at radius 1 is 1.20 bits per heavy atom. The first kappa shape index (κ1) is 21.0. The molecule has 0 fully saturated rings. The van der Waals surface area contributed by atoms with E-state index in [0.717, 1.165) is 22.8 Å². The van der Waals surface area contributed by atoms with Crippen LogP contribution in [0.4, 0.5) is 0 Å². The van der Waals surface area contributed by atoms with Crippen LogP contribution in [0, 0.1) is 0 Å². The highest BCUT2D eigenvalue weighted by atomic mass is 127. The van der Waals surface area contributed by atoms with Gasteiger partial charge in [-0.15, -0.1) is 24.0 Å². The number of nitrogens with one attached hydrogen (secondary N) is 1. The highest BCUT2D eigenvalue weighted by Crippen LogP contribution is 2.18. The number of hydrogen-bond donors (Lipinski definition) is 1. The lowest BCUT2D eigenvalue weighted by Gasteiger charge is -2.23. The Morgan fingerprint density at radius 3 is 2.64 bits per heavy atom. The zero-order valence-electron chi connectivity index (χ0n) is 15.0. The summed E-state index contributed by atoms with van der Waals surface area (Å²) in [5.41, 5.74) is 2.18. The molecule has 6 nitrogen and oxygen atoms in total. The van der Waals surface area contributed by atoms with E-state index in [1.807, 2.05) is 37.4 Å². The molecule has 0 aliphatic heterocycles. The fraction of sp³-hybridized carbons (Fsp3) is 0.333. The summed E-state index contributed by atoms with van der Waals surface area (Å²) in [6.07, 6.45) is 1.73. The molecule has 0 saturated heterocycles. The average Bonchev–Trinajstić information content (AvgIpc) is 2.63. The lowest BCUT2D eigenvalue weighted by molar-refractivity contribution is 0.395. The number of methoxy groups -OCH3 is 2. The van der Waals surface area contributed by atoms with Crippen molar-refractivity contribution in [2.75, 3.05) is 28.3 Å². The van der Waals surface area contributed by atoms with Gasteiger partial charge in [0.2, 0.25) is 5.88 Å². The van der Waals surface area contributed by atoms with Crippen LogP contribution in [-0.4, -0.2) is 44.2 Å². The van der Waals surface area contributed by atoms with Gasteiger partial charge in [0, 0.05) is 45.0 Å². The number of hydrogen-bond acceptors (Lipinski definition) is 4. The first-order valence-electron chi connectivity index (χ1n) is 7.70. The lowest BCUT2D eigenvalue weighted by atomic mass is 10.2. The van der Waals surface area contributed by atoms with E-state index in [-0.39, 0.29) is 24.0 Å². The van der Waals surface area contributed by atoms with Crippen LogP contribution in [0.3, 0.4) is 0 Å². The molecule has 1 aromatic heterocycles. The van der Waals surface area contributed by atoms with Crippen molar-refractivity contribution in [1.29, 1.82) is 0 Å². The van der Waals surface area contributed by atoms with Crippen LogP contribution in [0.15, 0.2) is 47.6 Å². The molecule has 2 rings (SSSR count). The molecule has 136 valence electrons. The molecule has 25 heavy (non-hydrogen) atoms. The van der Waals surface area contributed by atoms with Gasteiger partial charge in [-0.05, 0) is 17.7 Å². The number of ether oxygens (including phenoxy) is 2.